The summed E-state index contributed by atoms with van der Waals surface area (Å²) in [6.45, 7) is 0.752. The number of anilines is 1. The van der Waals surface area contributed by atoms with Gasteiger partial charge in [0.2, 0.25) is 0 Å². The van der Waals surface area contributed by atoms with E-state index in [1.165, 1.54) is 5.56 Å². The lowest BCUT2D eigenvalue weighted by Gasteiger charge is -2.03. The molecular weight excluding hydrogens is 206 g/mol. The van der Waals surface area contributed by atoms with Crippen LogP contribution in [-0.4, -0.2) is 6.61 Å². The second-order valence-corrected chi connectivity index (χ2v) is 3.40. The highest BCUT2D eigenvalue weighted by atomic mass is 79.9. The predicted molar refractivity (Wildman–Crippen MR) is 47.8 cm³/mol. The van der Waals surface area contributed by atoms with Crippen LogP contribution in [0, 0.1) is 0 Å². The van der Waals surface area contributed by atoms with Gasteiger partial charge in [-0.25, -0.2) is 0 Å². The lowest BCUT2D eigenvalue weighted by atomic mass is 10.1. The van der Waals surface area contributed by atoms with Gasteiger partial charge in [0.1, 0.15) is 5.75 Å². The summed E-state index contributed by atoms with van der Waals surface area (Å²) in [6.07, 6.45) is 0.959. The minimum absolute atomic E-state index is 0.737. The first-order valence-electron chi connectivity index (χ1n) is 3.48. The molecule has 11 heavy (non-hydrogen) atoms. The van der Waals surface area contributed by atoms with Gasteiger partial charge < -0.3 is 10.5 Å². The summed E-state index contributed by atoms with van der Waals surface area (Å²) in [4.78, 5) is 0. The van der Waals surface area contributed by atoms with E-state index in [4.69, 9.17) is 10.5 Å². The first-order valence-corrected chi connectivity index (χ1v) is 4.28. The van der Waals surface area contributed by atoms with Gasteiger partial charge in [-0.3, -0.25) is 0 Å². The lowest BCUT2D eigenvalue weighted by molar-refractivity contribution is 0.358. The summed E-state index contributed by atoms with van der Waals surface area (Å²) >= 11 is 3.45. The van der Waals surface area contributed by atoms with E-state index in [0.717, 1.165) is 28.9 Å². The zero-order valence-corrected chi connectivity index (χ0v) is 7.52. The molecule has 0 saturated heterocycles. The largest absolute Gasteiger partial charge is 0.491 e. The molecule has 0 unspecified atom stereocenters. The van der Waals surface area contributed by atoms with Crippen LogP contribution in [0.5, 0.6) is 5.75 Å². The molecule has 0 aliphatic carbocycles. The average molecular weight is 214 g/mol. The number of fused-ring (bicyclic) bond motifs is 1. The Morgan fingerprint density at radius 2 is 2.27 bits per heavy atom. The minimum atomic E-state index is 0.737. The monoisotopic (exact) mass is 213 g/mol. The molecule has 1 aliphatic rings. The zero-order valence-electron chi connectivity index (χ0n) is 5.93. The maximum absolute atomic E-state index is 5.69. The van der Waals surface area contributed by atoms with E-state index in [2.05, 4.69) is 15.9 Å². The Hall–Kier alpha value is -0.700. The highest BCUT2D eigenvalue weighted by Gasteiger charge is 2.17. The fourth-order valence-corrected chi connectivity index (χ4v) is 1.79. The van der Waals surface area contributed by atoms with Crippen LogP contribution in [0.2, 0.25) is 0 Å². The number of nitrogens with two attached hydrogens (primary N) is 1. The molecule has 0 atom stereocenters. The van der Waals surface area contributed by atoms with Crippen molar-refractivity contribution in [1.82, 2.24) is 0 Å². The zero-order chi connectivity index (χ0) is 7.84. The summed E-state index contributed by atoms with van der Waals surface area (Å²) < 4.78 is 6.45. The van der Waals surface area contributed by atoms with Gasteiger partial charge in [0.15, 0.2) is 0 Å². The minimum Gasteiger partial charge on any atom is -0.491 e. The Morgan fingerprint density at radius 3 is 3.00 bits per heavy atom. The van der Waals surface area contributed by atoms with Crippen molar-refractivity contribution in [3.05, 3.63) is 22.2 Å². The van der Waals surface area contributed by atoms with Gasteiger partial charge in [0.25, 0.3) is 0 Å². The van der Waals surface area contributed by atoms with Crippen LogP contribution in [0.1, 0.15) is 5.56 Å². The molecule has 1 aliphatic heterocycles. The van der Waals surface area contributed by atoms with Gasteiger partial charge in [0.05, 0.1) is 12.3 Å². The number of nitrogen functional groups attached to an aromatic ring is 1. The van der Waals surface area contributed by atoms with Crippen molar-refractivity contribution in [3.8, 4) is 5.75 Å². The third-order valence-corrected chi connectivity index (χ3v) is 2.58. The van der Waals surface area contributed by atoms with Crippen LogP contribution in [-0.2, 0) is 6.42 Å². The summed E-state index contributed by atoms with van der Waals surface area (Å²) in [5, 5.41) is 0. The Bertz CT molecular complexity index is 269. The van der Waals surface area contributed by atoms with Crippen LogP contribution < -0.4 is 10.5 Å². The molecule has 2 nitrogen and oxygen atoms in total. The third-order valence-electron chi connectivity index (χ3n) is 1.83. The van der Waals surface area contributed by atoms with Gasteiger partial charge in [0, 0.05) is 16.5 Å². The Kier molecular flexibility index (Phi) is 1.53. The van der Waals surface area contributed by atoms with Crippen molar-refractivity contribution in [2.75, 3.05) is 12.3 Å². The van der Waals surface area contributed by atoms with E-state index in [1.54, 1.807) is 0 Å². The SMILES string of the molecule is Nc1ccc(Br)c2c1OCC2. The van der Waals surface area contributed by atoms with E-state index in [9.17, 15) is 0 Å². The van der Waals surface area contributed by atoms with Crippen molar-refractivity contribution in [2.24, 2.45) is 0 Å². The van der Waals surface area contributed by atoms with Crippen molar-refractivity contribution in [1.29, 1.82) is 0 Å². The highest BCUT2D eigenvalue weighted by molar-refractivity contribution is 9.10. The number of hydrogen-bond donors (Lipinski definition) is 1. The summed E-state index contributed by atoms with van der Waals surface area (Å²) in [7, 11) is 0. The van der Waals surface area contributed by atoms with Crippen molar-refractivity contribution in [2.45, 2.75) is 6.42 Å². The summed E-state index contributed by atoms with van der Waals surface area (Å²) in [6, 6.07) is 3.82. The van der Waals surface area contributed by atoms with E-state index >= 15 is 0 Å². The van der Waals surface area contributed by atoms with E-state index in [-0.39, 0.29) is 0 Å². The molecule has 1 heterocycles. The molecule has 1 aromatic rings. The van der Waals surface area contributed by atoms with Gasteiger partial charge in [-0.2, -0.15) is 0 Å². The number of benzene rings is 1. The smallest absolute Gasteiger partial charge is 0.146 e. The number of halogens is 1. The van der Waals surface area contributed by atoms with E-state index in [1.807, 2.05) is 12.1 Å². The standard InChI is InChI=1S/C8H8BrNO/c9-6-1-2-7(10)8-5(6)3-4-11-8/h1-2H,3-4,10H2. The molecule has 2 rings (SSSR count). The second kappa shape index (κ2) is 2.41. The Morgan fingerprint density at radius 1 is 1.45 bits per heavy atom. The normalized spacial score (nSPS) is 14.3. The number of rotatable bonds is 0. The topological polar surface area (TPSA) is 35.2 Å². The molecule has 0 amide bonds. The van der Waals surface area contributed by atoms with Gasteiger partial charge in [-0.05, 0) is 12.1 Å². The molecule has 3 heteroatoms. The third kappa shape index (κ3) is 0.997. The molecule has 2 N–H and O–H groups in total. The van der Waals surface area contributed by atoms with Gasteiger partial charge >= 0.3 is 0 Å². The molecule has 0 bridgehead atoms. The maximum Gasteiger partial charge on any atom is 0.146 e. The second-order valence-electron chi connectivity index (χ2n) is 2.54. The molecule has 1 aromatic carbocycles. The quantitative estimate of drug-likeness (QED) is 0.670. The number of ether oxygens (including phenoxy) is 1. The van der Waals surface area contributed by atoms with Crippen LogP contribution in [0.25, 0.3) is 0 Å². The Labute approximate surface area is 73.5 Å². The summed E-state index contributed by atoms with van der Waals surface area (Å²) in [5.74, 6) is 0.861. The van der Waals surface area contributed by atoms with E-state index in [0.29, 0.717) is 0 Å². The molecule has 0 spiro atoms. The van der Waals surface area contributed by atoms with Crippen LogP contribution in [0.3, 0.4) is 0 Å². The average Bonchev–Trinajstić information content (AvgIpc) is 2.45. The maximum atomic E-state index is 5.69. The fourth-order valence-electron chi connectivity index (χ4n) is 1.28. The highest BCUT2D eigenvalue weighted by Crippen LogP contribution is 2.36. The van der Waals surface area contributed by atoms with Crippen molar-refractivity contribution in [3.63, 3.8) is 0 Å². The Balaban J connectivity index is 2.64. The van der Waals surface area contributed by atoms with Crippen molar-refractivity contribution < 1.29 is 4.74 Å². The van der Waals surface area contributed by atoms with Crippen molar-refractivity contribution >= 4 is 21.6 Å². The molecule has 0 radical (unpaired) electrons. The van der Waals surface area contributed by atoms with Crippen LogP contribution in [0.15, 0.2) is 16.6 Å². The predicted octanol–water partition coefficient (Wildman–Crippen LogP) is 1.97. The van der Waals surface area contributed by atoms with Crippen LogP contribution in [0.4, 0.5) is 5.69 Å². The van der Waals surface area contributed by atoms with E-state index < -0.39 is 0 Å². The van der Waals surface area contributed by atoms with Gasteiger partial charge in [-0.15, -0.1) is 0 Å². The molecule has 58 valence electrons. The molecule has 0 aromatic heterocycles. The molecule has 0 fully saturated rings. The first kappa shape index (κ1) is 6.98. The first-order chi connectivity index (χ1) is 5.29. The van der Waals surface area contributed by atoms with Crippen LogP contribution >= 0.6 is 15.9 Å². The summed E-state index contributed by atoms with van der Waals surface area (Å²) in [5.41, 5.74) is 7.63. The number of hydrogen-bond acceptors (Lipinski definition) is 2. The van der Waals surface area contributed by atoms with Gasteiger partial charge in [-0.1, -0.05) is 15.9 Å². The molecular formula is C8H8BrNO. The lowest BCUT2D eigenvalue weighted by Crippen LogP contribution is -1.91. The molecule has 0 saturated carbocycles. The fraction of sp³-hybridized carbons (Fsp3) is 0.250.